The van der Waals surface area contributed by atoms with Gasteiger partial charge in [0.2, 0.25) is 0 Å². The quantitative estimate of drug-likeness (QED) is 0.904. The second kappa shape index (κ2) is 6.06. The summed E-state index contributed by atoms with van der Waals surface area (Å²) in [6, 6.07) is 14.1. The Hall–Kier alpha value is -2.14. The van der Waals surface area contributed by atoms with E-state index in [0.29, 0.717) is 0 Å². The molecule has 24 heavy (non-hydrogen) atoms. The molecule has 2 aromatic rings. The van der Waals surface area contributed by atoms with Crippen LogP contribution in [0.1, 0.15) is 29.5 Å². The van der Waals surface area contributed by atoms with Gasteiger partial charge in [-0.2, -0.15) is 0 Å². The summed E-state index contributed by atoms with van der Waals surface area (Å²) in [5.74, 6) is -2.43. The van der Waals surface area contributed by atoms with Crippen LogP contribution in [0.15, 0.2) is 53.4 Å². The summed E-state index contributed by atoms with van der Waals surface area (Å²) in [6.07, 6.45) is 0.887. The molecule has 126 valence electrons. The number of hydrogen-bond donors (Lipinski definition) is 1. The second-order valence-electron chi connectivity index (χ2n) is 6.31. The first kappa shape index (κ1) is 16.7. The van der Waals surface area contributed by atoms with Crippen molar-refractivity contribution in [2.24, 2.45) is 5.92 Å². The molecule has 0 amide bonds. The SMILES string of the molecule is CCc1ccc([C@@H]2[C@H](C(=O)O)[C@H]2S(=O)(=O)c2ccc(C)cc2)cc1. The maximum atomic E-state index is 12.9. The third kappa shape index (κ3) is 2.84. The van der Waals surface area contributed by atoms with Crippen molar-refractivity contribution < 1.29 is 18.3 Å². The Kier molecular flexibility index (Phi) is 4.22. The Bertz CT molecular complexity index is 851. The van der Waals surface area contributed by atoms with Gasteiger partial charge >= 0.3 is 5.97 Å². The molecular formula is C19H20O4S. The summed E-state index contributed by atoms with van der Waals surface area (Å²) >= 11 is 0. The largest absolute Gasteiger partial charge is 0.481 e. The van der Waals surface area contributed by atoms with E-state index in [1.54, 1.807) is 24.3 Å². The lowest BCUT2D eigenvalue weighted by Gasteiger charge is -2.05. The number of aliphatic carboxylic acids is 1. The lowest BCUT2D eigenvalue weighted by molar-refractivity contribution is -0.138. The molecule has 0 aliphatic heterocycles. The first-order chi connectivity index (χ1) is 11.4. The van der Waals surface area contributed by atoms with Crippen molar-refractivity contribution in [1.29, 1.82) is 0 Å². The lowest BCUT2D eigenvalue weighted by Crippen LogP contribution is -2.13. The zero-order valence-corrected chi connectivity index (χ0v) is 14.5. The van der Waals surface area contributed by atoms with Gasteiger partial charge in [-0.1, -0.05) is 48.9 Å². The average molecular weight is 344 g/mol. The average Bonchev–Trinajstić information content (AvgIpc) is 3.32. The lowest BCUT2D eigenvalue weighted by atomic mass is 10.1. The molecule has 1 aliphatic carbocycles. The molecule has 1 aliphatic rings. The van der Waals surface area contributed by atoms with Gasteiger partial charge in [0.25, 0.3) is 0 Å². The summed E-state index contributed by atoms with van der Waals surface area (Å²) in [7, 11) is -3.67. The first-order valence-corrected chi connectivity index (χ1v) is 9.53. The van der Waals surface area contributed by atoms with Crippen molar-refractivity contribution in [2.75, 3.05) is 0 Å². The van der Waals surface area contributed by atoms with E-state index in [9.17, 15) is 18.3 Å². The fraction of sp³-hybridized carbons (Fsp3) is 0.316. The Morgan fingerprint density at radius 1 is 1.04 bits per heavy atom. The molecule has 3 atom stereocenters. The molecule has 2 aromatic carbocycles. The Morgan fingerprint density at radius 2 is 1.62 bits per heavy atom. The molecule has 0 radical (unpaired) electrons. The van der Waals surface area contributed by atoms with Crippen molar-refractivity contribution in [3.63, 3.8) is 0 Å². The molecule has 0 unspecified atom stereocenters. The molecule has 0 bridgehead atoms. The molecule has 0 spiro atoms. The second-order valence-corrected chi connectivity index (χ2v) is 8.41. The minimum Gasteiger partial charge on any atom is -0.481 e. The number of carboxylic acid groups (broad SMARTS) is 1. The van der Waals surface area contributed by atoms with Crippen LogP contribution in [0.5, 0.6) is 0 Å². The van der Waals surface area contributed by atoms with Gasteiger partial charge in [-0.15, -0.1) is 0 Å². The zero-order chi connectivity index (χ0) is 17.5. The monoisotopic (exact) mass is 344 g/mol. The summed E-state index contributed by atoms with van der Waals surface area (Å²) in [5, 5.41) is 8.55. The van der Waals surface area contributed by atoms with Gasteiger partial charge in [-0.3, -0.25) is 4.79 Å². The van der Waals surface area contributed by atoms with Crippen LogP contribution in [0.25, 0.3) is 0 Å². The normalized spacial score (nSPS) is 23.0. The van der Waals surface area contributed by atoms with Crippen LogP contribution in [0.4, 0.5) is 0 Å². The number of sulfone groups is 1. The topological polar surface area (TPSA) is 71.4 Å². The van der Waals surface area contributed by atoms with E-state index >= 15 is 0 Å². The third-order valence-electron chi connectivity index (χ3n) is 4.72. The van der Waals surface area contributed by atoms with Crippen LogP contribution in [0.2, 0.25) is 0 Å². The number of aryl methyl sites for hydroxylation is 2. The van der Waals surface area contributed by atoms with Crippen molar-refractivity contribution in [2.45, 2.75) is 36.3 Å². The third-order valence-corrected chi connectivity index (χ3v) is 6.95. The maximum absolute atomic E-state index is 12.9. The van der Waals surface area contributed by atoms with Crippen LogP contribution in [0.3, 0.4) is 0 Å². The molecule has 0 aromatic heterocycles. The number of hydrogen-bond acceptors (Lipinski definition) is 3. The van der Waals surface area contributed by atoms with Gasteiger partial charge in [-0.05, 0) is 36.6 Å². The Labute approximate surface area is 142 Å². The van der Waals surface area contributed by atoms with Crippen LogP contribution >= 0.6 is 0 Å². The number of carboxylic acids is 1. The van der Waals surface area contributed by atoms with Gasteiger partial charge in [0.15, 0.2) is 9.84 Å². The smallest absolute Gasteiger partial charge is 0.308 e. The van der Waals surface area contributed by atoms with Gasteiger partial charge in [0.1, 0.15) is 0 Å². The van der Waals surface area contributed by atoms with E-state index in [-0.39, 0.29) is 4.90 Å². The highest BCUT2D eigenvalue weighted by molar-refractivity contribution is 7.92. The first-order valence-electron chi connectivity index (χ1n) is 7.98. The van der Waals surface area contributed by atoms with Crippen molar-refractivity contribution in [1.82, 2.24) is 0 Å². The van der Waals surface area contributed by atoms with Gasteiger partial charge in [0.05, 0.1) is 16.1 Å². The zero-order valence-electron chi connectivity index (χ0n) is 13.6. The standard InChI is InChI=1S/C19H20O4S/c1-3-13-6-8-14(9-7-13)16-17(19(20)21)18(16)24(22,23)15-10-4-12(2)5-11-15/h4-11,16-18H,3H2,1-2H3,(H,20,21)/t16-,17+,18+/m1/s1. The molecule has 4 nitrogen and oxygen atoms in total. The number of benzene rings is 2. The fourth-order valence-electron chi connectivity index (χ4n) is 3.22. The van der Waals surface area contributed by atoms with E-state index in [1.807, 2.05) is 38.1 Å². The van der Waals surface area contributed by atoms with Crippen molar-refractivity contribution >= 4 is 15.8 Å². The van der Waals surface area contributed by atoms with E-state index < -0.39 is 32.9 Å². The highest BCUT2D eigenvalue weighted by Gasteiger charge is 2.63. The Morgan fingerprint density at radius 3 is 2.12 bits per heavy atom. The molecule has 3 rings (SSSR count). The minimum atomic E-state index is -3.67. The van der Waals surface area contributed by atoms with Gasteiger partial charge in [0, 0.05) is 5.92 Å². The summed E-state index contributed by atoms with van der Waals surface area (Å²) < 4.78 is 25.7. The maximum Gasteiger partial charge on any atom is 0.308 e. The molecule has 1 saturated carbocycles. The highest BCUT2D eigenvalue weighted by Crippen LogP contribution is 2.54. The summed E-state index contributed by atoms with van der Waals surface area (Å²) in [4.78, 5) is 11.7. The molecular weight excluding hydrogens is 324 g/mol. The van der Waals surface area contributed by atoms with Crippen LogP contribution in [0, 0.1) is 12.8 Å². The molecule has 0 heterocycles. The Balaban J connectivity index is 1.96. The predicted molar refractivity (Wildman–Crippen MR) is 91.8 cm³/mol. The van der Waals surface area contributed by atoms with Gasteiger partial charge < -0.3 is 5.11 Å². The van der Waals surface area contributed by atoms with Crippen LogP contribution in [-0.2, 0) is 21.1 Å². The van der Waals surface area contributed by atoms with Crippen molar-refractivity contribution in [3.8, 4) is 0 Å². The van der Waals surface area contributed by atoms with E-state index in [2.05, 4.69) is 0 Å². The minimum absolute atomic E-state index is 0.192. The fourth-order valence-corrected chi connectivity index (χ4v) is 5.34. The molecule has 1 fully saturated rings. The van der Waals surface area contributed by atoms with E-state index in [0.717, 1.165) is 23.1 Å². The summed E-state index contributed by atoms with van der Waals surface area (Å²) in [5.41, 5.74) is 2.88. The van der Waals surface area contributed by atoms with Crippen LogP contribution < -0.4 is 0 Å². The van der Waals surface area contributed by atoms with E-state index in [1.165, 1.54) is 0 Å². The molecule has 5 heteroatoms. The predicted octanol–water partition coefficient (Wildman–Crippen LogP) is 3.20. The molecule has 0 saturated heterocycles. The summed E-state index contributed by atoms with van der Waals surface area (Å²) in [6.45, 7) is 3.92. The highest BCUT2D eigenvalue weighted by atomic mass is 32.2. The number of rotatable bonds is 5. The molecule has 1 N–H and O–H groups in total. The van der Waals surface area contributed by atoms with E-state index in [4.69, 9.17) is 0 Å². The van der Waals surface area contributed by atoms with Gasteiger partial charge in [-0.25, -0.2) is 8.42 Å². The van der Waals surface area contributed by atoms with Crippen LogP contribution in [-0.4, -0.2) is 24.7 Å². The number of carbonyl (C=O) groups is 1. The van der Waals surface area contributed by atoms with Crippen molar-refractivity contribution in [3.05, 3.63) is 65.2 Å².